The number of hydrogen-bond donors (Lipinski definition) is 1. The van der Waals surface area contributed by atoms with E-state index in [4.69, 9.17) is 0 Å². The largest absolute Gasteiger partial charge is 0.335 e. The van der Waals surface area contributed by atoms with Gasteiger partial charge in [0.1, 0.15) is 0 Å². The maximum Gasteiger partial charge on any atom is 0.254 e. The number of benzene rings is 2. The van der Waals surface area contributed by atoms with Crippen LogP contribution >= 0.6 is 11.3 Å². The first-order valence-corrected chi connectivity index (χ1v) is 12.0. The lowest BCUT2D eigenvalue weighted by Crippen LogP contribution is -2.34. The summed E-state index contributed by atoms with van der Waals surface area (Å²) in [5.74, 6) is -0.0890. The van der Waals surface area contributed by atoms with E-state index >= 15 is 0 Å². The zero-order chi connectivity index (χ0) is 21.0. The number of carbonyl (C=O) groups is 1. The number of nitrogens with zero attached hydrogens (tertiary/aromatic N) is 1. The van der Waals surface area contributed by atoms with Crippen molar-refractivity contribution in [2.75, 3.05) is 13.1 Å². The number of hydrogen-bond acceptors (Lipinski definition) is 4. The molecule has 1 aliphatic heterocycles. The third-order valence-electron chi connectivity index (χ3n) is 5.07. The van der Waals surface area contributed by atoms with Crippen molar-refractivity contribution >= 4 is 32.8 Å². The van der Waals surface area contributed by atoms with Crippen LogP contribution in [0, 0.1) is 0 Å². The average Bonchev–Trinajstić information content (AvgIpc) is 3.32. The fourth-order valence-corrected chi connectivity index (χ4v) is 5.13. The molecule has 0 bridgehead atoms. The van der Waals surface area contributed by atoms with Gasteiger partial charge in [-0.05, 0) is 53.3 Å². The van der Waals surface area contributed by atoms with Gasteiger partial charge in [0.15, 0.2) is 0 Å². The van der Waals surface area contributed by atoms with Crippen molar-refractivity contribution in [1.29, 1.82) is 0 Å². The van der Waals surface area contributed by atoms with Crippen LogP contribution in [0.1, 0.15) is 27.2 Å². The molecule has 0 saturated heterocycles. The van der Waals surface area contributed by atoms with Crippen LogP contribution in [0.15, 0.2) is 83.1 Å². The van der Waals surface area contributed by atoms with E-state index in [1.54, 1.807) is 17.0 Å². The van der Waals surface area contributed by atoms with Gasteiger partial charge in [0.05, 0.1) is 4.90 Å². The second-order valence-corrected chi connectivity index (χ2v) is 9.82. The predicted octanol–water partition coefficient (Wildman–Crippen LogP) is 4.16. The van der Waals surface area contributed by atoms with E-state index in [0.717, 1.165) is 11.3 Å². The minimum atomic E-state index is -3.62. The highest BCUT2D eigenvalue weighted by molar-refractivity contribution is 7.89. The molecule has 3 aromatic rings. The van der Waals surface area contributed by atoms with Gasteiger partial charge in [-0.25, -0.2) is 13.1 Å². The van der Waals surface area contributed by atoms with E-state index in [2.05, 4.69) is 22.9 Å². The maximum atomic E-state index is 12.8. The highest BCUT2D eigenvalue weighted by Crippen LogP contribution is 2.23. The SMILES string of the molecule is O=C(c1ccc(S(=O)(=O)NCc2cccs2)cc1)N1CC=C(c2ccccc2)CC1. The van der Waals surface area contributed by atoms with Gasteiger partial charge in [-0.3, -0.25) is 4.79 Å². The number of thiophene rings is 1. The molecular formula is C23H22N2O3S2. The lowest BCUT2D eigenvalue weighted by Gasteiger charge is -2.27. The summed E-state index contributed by atoms with van der Waals surface area (Å²) >= 11 is 1.50. The van der Waals surface area contributed by atoms with E-state index in [1.807, 2.05) is 35.7 Å². The summed E-state index contributed by atoms with van der Waals surface area (Å²) in [6.07, 6.45) is 2.89. The van der Waals surface area contributed by atoms with E-state index in [9.17, 15) is 13.2 Å². The van der Waals surface area contributed by atoms with Gasteiger partial charge in [0.2, 0.25) is 10.0 Å². The number of sulfonamides is 1. The molecule has 0 atom stereocenters. The van der Waals surface area contributed by atoms with Crippen LogP contribution < -0.4 is 4.72 Å². The molecule has 1 N–H and O–H groups in total. The number of amides is 1. The second kappa shape index (κ2) is 8.95. The van der Waals surface area contributed by atoms with E-state index in [0.29, 0.717) is 18.7 Å². The summed E-state index contributed by atoms with van der Waals surface area (Å²) in [4.78, 5) is 15.7. The van der Waals surface area contributed by atoms with Crippen molar-refractivity contribution in [3.05, 3.63) is 94.2 Å². The summed E-state index contributed by atoms with van der Waals surface area (Å²) in [6.45, 7) is 1.44. The monoisotopic (exact) mass is 438 g/mol. The average molecular weight is 439 g/mol. The van der Waals surface area contributed by atoms with Gasteiger partial charge in [-0.15, -0.1) is 11.3 Å². The molecule has 0 aliphatic carbocycles. The Bertz CT molecular complexity index is 1140. The molecule has 30 heavy (non-hydrogen) atoms. The molecule has 0 spiro atoms. The quantitative estimate of drug-likeness (QED) is 0.629. The zero-order valence-corrected chi connectivity index (χ0v) is 18.0. The topological polar surface area (TPSA) is 66.5 Å². The van der Waals surface area contributed by atoms with Crippen LogP contribution in [-0.4, -0.2) is 32.3 Å². The fourth-order valence-electron chi connectivity index (χ4n) is 3.39. The summed E-state index contributed by atoms with van der Waals surface area (Å²) in [6, 6.07) is 20.1. The molecule has 1 aliphatic rings. The minimum Gasteiger partial charge on any atom is -0.335 e. The lowest BCUT2D eigenvalue weighted by atomic mass is 9.99. The minimum absolute atomic E-state index is 0.0890. The summed E-state index contributed by atoms with van der Waals surface area (Å²) in [5, 5.41) is 1.91. The molecule has 2 heterocycles. The summed E-state index contributed by atoms with van der Waals surface area (Å²) in [5.41, 5.74) is 2.93. The Hall–Kier alpha value is -2.74. The van der Waals surface area contributed by atoms with Crippen LogP contribution in [0.5, 0.6) is 0 Å². The standard InChI is InChI=1S/C23H22N2O3S2/c26-23(25-14-12-19(13-15-25)18-5-2-1-3-6-18)20-8-10-22(11-9-20)30(27,28)24-17-21-7-4-16-29-21/h1-12,16,24H,13-15,17H2. The molecule has 5 nitrogen and oxygen atoms in total. The van der Waals surface area contributed by atoms with Crippen molar-refractivity contribution in [1.82, 2.24) is 9.62 Å². The third-order valence-corrected chi connectivity index (χ3v) is 7.36. The molecule has 0 radical (unpaired) electrons. The van der Waals surface area contributed by atoms with Crippen LogP contribution in [0.25, 0.3) is 5.57 Å². The number of carbonyl (C=O) groups excluding carboxylic acids is 1. The highest BCUT2D eigenvalue weighted by Gasteiger charge is 2.20. The van der Waals surface area contributed by atoms with Gasteiger partial charge in [0.25, 0.3) is 5.91 Å². The highest BCUT2D eigenvalue weighted by atomic mass is 32.2. The summed E-state index contributed by atoms with van der Waals surface area (Å²) < 4.78 is 27.5. The Balaban J connectivity index is 1.40. The van der Waals surface area contributed by atoms with Crippen LogP contribution in [0.2, 0.25) is 0 Å². The molecular weight excluding hydrogens is 416 g/mol. The van der Waals surface area contributed by atoms with Gasteiger partial charge < -0.3 is 4.90 Å². The Morgan fingerprint density at radius 1 is 1.00 bits per heavy atom. The van der Waals surface area contributed by atoms with Crippen molar-refractivity contribution in [2.24, 2.45) is 0 Å². The summed E-state index contributed by atoms with van der Waals surface area (Å²) in [7, 11) is -3.62. The molecule has 2 aromatic carbocycles. The number of rotatable bonds is 6. The Morgan fingerprint density at radius 3 is 2.40 bits per heavy atom. The molecule has 0 fully saturated rings. The first kappa shape index (κ1) is 20.5. The Kier molecular flexibility index (Phi) is 6.13. The maximum absolute atomic E-state index is 12.8. The lowest BCUT2D eigenvalue weighted by molar-refractivity contribution is 0.0773. The van der Waals surface area contributed by atoms with Crippen molar-refractivity contribution in [3.63, 3.8) is 0 Å². The zero-order valence-electron chi connectivity index (χ0n) is 16.3. The first-order chi connectivity index (χ1) is 14.5. The van der Waals surface area contributed by atoms with Gasteiger partial charge in [-0.1, -0.05) is 42.5 Å². The van der Waals surface area contributed by atoms with Gasteiger partial charge in [0, 0.05) is 30.1 Å². The molecule has 0 unspecified atom stereocenters. The molecule has 7 heteroatoms. The Labute approximate surface area is 180 Å². The van der Waals surface area contributed by atoms with Gasteiger partial charge >= 0.3 is 0 Å². The van der Waals surface area contributed by atoms with Crippen molar-refractivity contribution < 1.29 is 13.2 Å². The van der Waals surface area contributed by atoms with Crippen LogP contribution in [0.4, 0.5) is 0 Å². The van der Waals surface area contributed by atoms with E-state index < -0.39 is 10.0 Å². The normalized spacial score (nSPS) is 14.4. The molecule has 4 rings (SSSR count). The van der Waals surface area contributed by atoms with Crippen LogP contribution in [0.3, 0.4) is 0 Å². The van der Waals surface area contributed by atoms with Gasteiger partial charge in [-0.2, -0.15) is 0 Å². The molecule has 0 saturated carbocycles. The first-order valence-electron chi connectivity index (χ1n) is 9.69. The second-order valence-electron chi connectivity index (χ2n) is 7.02. The molecule has 1 amide bonds. The van der Waals surface area contributed by atoms with Crippen molar-refractivity contribution in [3.8, 4) is 0 Å². The third kappa shape index (κ3) is 4.70. The van der Waals surface area contributed by atoms with E-state index in [-0.39, 0.29) is 17.3 Å². The fraction of sp³-hybridized carbons (Fsp3) is 0.174. The van der Waals surface area contributed by atoms with Crippen LogP contribution in [-0.2, 0) is 16.6 Å². The number of nitrogens with one attached hydrogen (secondary N) is 1. The predicted molar refractivity (Wildman–Crippen MR) is 120 cm³/mol. The molecule has 154 valence electrons. The van der Waals surface area contributed by atoms with Crippen molar-refractivity contribution in [2.45, 2.75) is 17.9 Å². The van der Waals surface area contributed by atoms with E-state index in [1.165, 1.54) is 34.6 Å². The smallest absolute Gasteiger partial charge is 0.254 e. The molecule has 1 aromatic heterocycles. The Morgan fingerprint density at radius 2 is 1.77 bits per heavy atom.